The first-order valence-corrected chi connectivity index (χ1v) is 7.61. The van der Waals surface area contributed by atoms with Gasteiger partial charge in [-0.1, -0.05) is 18.2 Å². The molecule has 3 heterocycles. The largest absolute Gasteiger partial charge is 0.366 e. The van der Waals surface area contributed by atoms with E-state index >= 15 is 0 Å². The fourth-order valence-electron chi connectivity index (χ4n) is 3.84. The van der Waals surface area contributed by atoms with E-state index in [-0.39, 0.29) is 0 Å². The predicted molar refractivity (Wildman–Crippen MR) is 82.0 cm³/mol. The molecule has 0 amide bonds. The van der Waals surface area contributed by atoms with Gasteiger partial charge in [0.05, 0.1) is 6.42 Å². The minimum Gasteiger partial charge on any atom is -0.366 e. The molecule has 102 valence electrons. The number of benzene rings is 1. The molecule has 2 aliphatic heterocycles. The first-order valence-electron chi connectivity index (χ1n) is 7.61. The normalized spacial score (nSPS) is 16.4. The average molecular weight is 265 g/mol. The molecule has 2 aliphatic rings. The van der Waals surface area contributed by atoms with Crippen molar-refractivity contribution in [3.8, 4) is 11.3 Å². The molecule has 1 aromatic heterocycles. The highest BCUT2D eigenvalue weighted by Gasteiger charge is 2.34. The third-order valence-corrected chi connectivity index (χ3v) is 4.88. The lowest BCUT2D eigenvalue weighted by Crippen LogP contribution is -2.37. The average Bonchev–Trinajstić information content (AvgIpc) is 2.89. The molecule has 2 aromatic rings. The van der Waals surface area contributed by atoms with Gasteiger partial charge >= 0.3 is 0 Å². The molecule has 0 atom stereocenters. The van der Waals surface area contributed by atoms with Crippen LogP contribution in [0.2, 0.25) is 0 Å². The molecule has 0 bridgehead atoms. The van der Waals surface area contributed by atoms with Crippen LogP contribution in [0, 0.1) is 6.92 Å². The van der Waals surface area contributed by atoms with Crippen molar-refractivity contribution in [2.45, 2.75) is 26.2 Å². The molecule has 0 aliphatic carbocycles. The number of hydrogen-bond acceptors (Lipinski definition) is 1. The van der Waals surface area contributed by atoms with Crippen molar-refractivity contribution in [3.05, 3.63) is 47.2 Å². The summed E-state index contributed by atoms with van der Waals surface area (Å²) in [5.41, 5.74) is 8.73. The number of anilines is 1. The number of hydrogen-bond donors (Lipinski definition) is 0. The molecular formula is C18H21N2+. The van der Waals surface area contributed by atoms with Crippen molar-refractivity contribution >= 4 is 5.69 Å². The van der Waals surface area contributed by atoms with Crippen LogP contribution in [0.25, 0.3) is 11.3 Å². The Labute approximate surface area is 120 Å². The van der Waals surface area contributed by atoms with E-state index in [1.54, 1.807) is 5.56 Å². The van der Waals surface area contributed by atoms with E-state index in [0.29, 0.717) is 0 Å². The van der Waals surface area contributed by atoms with E-state index in [2.05, 4.69) is 53.8 Å². The Bertz CT molecular complexity index is 688. The summed E-state index contributed by atoms with van der Waals surface area (Å²) in [6.07, 6.45) is 3.73. The highest BCUT2D eigenvalue weighted by atomic mass is 15.2. The Morgan fingerprint density at radius 2 is 1.95 bits per heavy atom. The van der Waals surface area contributed by atoms with Crippen LogP contribution in [0.4, 0.5) is 5.69 Å². The van der Waals surface area contributed by atoms with Gasteiger partial charge in [0.1, 0.15) is 12.7 Å². The zero-order valence-electron chi connectivity index (χ0n) is 12.3. The zero-order valence-corrected chi connectivity index (χ0v) is 12.3. The van der Waals surface area contributed by atoms with Gasteiger partial charge in [0.2, 0.25) is 11.4 Å². The van der Waals surface area contributed by atoms with Gasteiger partial charge in [0.15, 0.2) is 0 Å². The lowest BCUT2D eigenvalue weighted by molar-refractivity contribution is -0.666. The second-order valence-electron chi connectivity index (χ2n) is 6.06. The van der Waals surface area contributed by atoms with Crippen LogP contribution >= 0.6 is 0 Å². The number of nitrogens with zero attached hydrogens (tertiary/aromatic N) is 2. The van der Waals surface area contributed by atoms with Crippen LogP contribution in [-0.2, 0) is 19.9 Å². The van der Waals surface area contributed by atoms with Gasteiger partial charge in [-0.25, -0.2) is 0 Å². The van der Waals surface area contributed by atoms with E-state index in [1.165, 1.54) is 60.6 Å². The lowest BCUT2D eigenvalue weighted by Gasteiger charge is -2.26. The number of aryl methyl sites for hydroxylation is 2. The Morgan fingerprint density at radius 3 is 2.80 bits per heavy atom. The van der Waals surface area contributed by atoms with E-state index in [0.717, 1.165) is 0 Å². The predicted octanol–water partition coefficient (Wildman–Crippen LogP) is 2.80. The molecule has 0 spiro atoms. The van der Waals surface area contributed by atoms with Crippen LogP contribution in [-0.4, -0.2) is 13.1 Å². The number of aromatic nitrogens is 1. The van der Waals surface area contributed by atoms with Crippen LogP contribution in [0.15, 0.2) is 30.3 Å². The molecule has 20 heavy (non-hydrogen) atoms. The Morgan fingerprint density at radius 1 is 1.10 bits per heavy atom. The Balaban J connectivity index is 1.97. The summed E-state index contributed by atoms with van der Waals surface area (Å²) in [6.45, 7) is 4.65. The fraction of sp³-hybridized carbons (Fsp3) is 0.389. The zero-order chi connectivity index (χ0) is 13.7. The maximum absolute atomic E-state index is 2.58. The minimum atomic E-state index is 1.19. The topological polar surface area (TPSA) is 7.12 Å². The maximum atomic E-state index is 2.58. The first kappa shape index (κ1) is 12.0. The van der Waals surface area contributed by atoms with Crippen molar-refractivity contribution in [1.29, 1.82) is 0 Å². The van der Waals surface area contributed by atoms with Crippen LogP contribution in [0.1, 0.15) is 23.2 Å². The van der Waals surface area contributed by atoms with Crippen molar-refractivity contribution in [3.63, 3.8) is 0 Å². The second kappa shape index (κ2) is 4.34. The summed E-state index contributed by atoms with van der Waals surface area (Å²) < 4.78 is 2.42. The Hall–Kier alpha value is -1.83. The van der Waals surface area contributed by atoms with E-state index in [9.17, 15) is 0 Å². The van der Waals surface area contributed by atoms with Crippen molar-refractivity contribution < 1.29 is 4.57 Å². The molecular weight excluding hydrogens is 244 g/mol. The maximum Gasteiger partial charge on any atom is 0.213 e. The molecule has 2 nitrogen and oxygen atoms in total. The lowest BCUT2D eigenvalue weighted by atomic mass is 9.97. The van der Waals surface area contributed by atoms with Gasteiger partial charge in [-0.2, -0.15) is 4.57 Å². The second-order valence-corrected chi connectivity index (χ2v) is 6.06. The van der Waals surface area contributed by atoms with Gasteiger partial charge in [0, 0.05) is 24.7 Å². The third kappa shape index (κ3) is 1.60. The smallest absolute Gasteiger partial charge is 0.213 e. The SMILES string of the molecule is Cc1ccccc1-c1cc2c3c([n+]1C)CCN3CCC2. The standard InChI is InChI=1S/C18H21N2/c1-13-6-3-4-8-15(13)17-12-14-7-5-10-20-11-9-16(18(14)20)19(17)2/h3-4,6,8,12H,5,7,9-11H2,1-2H3/q+1. The molecule has 0 unspecified atom stereocenters. The fourth-order valence-corrected chi connectivity index (χ4v) is 3.84. The van der Waals surface area contributed by atoms with Crippen LogP contribution < -0.4 is 9.47 Å². The highest BCUT2D eigenvalue weighted by Crippen LogP contribution is 2.36. The highest BCUT2D eigenvalue weighted by molar-refractivity contribution is 5.68. The van der Waals surface area contributed by atoms with Crippen molar-refractivity contribution in [2.75, 3.05) is 18.0 Å². The van der Waals surface area contributed by atoms with Gasteiger partial charge in [-0.3, -0.25) is 0 Å². The van der Waals surface area contributed by atoms with Crippen molar-refractivity contribution in [1.82, 2.24) is 0 Å². The Kier molecular flexibility index (Phi) is 2.59. The summed E-state index contributed by atoms with van der Waals surface area (Å²) in [5.74, 6) is 0. The molecule has 1 aromatic carbocycles. The molecule has 0 saturated heterocycles. The molecule has 0 saturated carbocycles. The van der Waals surface area contributed by atoms with E-state index in [1.807, 2.05) is 0 Å². The van der Waals surface area contributed by atoms with Gasteiger partial charge in [-0.05, 0) is 37.0 Å². The first-order chi connectivity index (χ1) is 9.75. The number of pyridine rings is 1. The summed E-state index contributed by atoms with van der Waals surface area (Å²) in [5, 5.41) is 0. The molecule has 0 radical (unpaired) electrons. The monoisotopic (exact) mass is 265 g/mol. The molecule has 0 fully saturated rings. The third-order valence-electron chi connectivity index (χ3n) is 4.88. The van der Waals surface area contributed by atoms with Gasteiger partial charge < -0.3 is 4.90 Å². The van der Waals surface area contributed by atoms with Crippen LogP contribution in [0.3, 0.4) is 0 Å². The summed E-state index contributed by atoms with van der Waals surface area (Å²) >= 11 is 0. The van der Waals surface area contributed by atoms with Gasteiger partial charge in [0.25, 0.3) is 0 Å². The van der Waals surface area contributed by atoms with Gasteiger partial charge in [-0.15, -0.1) is 0 Å². The van der Waals surface area contributed by atoms with E-state index < -0.39 is 0 Å². The summed E-state index contributed by atoms with van der Waals surface area (Å²) in [4.78, 5) is 2.58. The molecule has 4 rings (SSSR count). The number of rotatable bonds is 1. The van der Waals surface area contributed by atoms with E-state index in [4.69, 9.17) is 0 Å². The summed E-state index contributed by atoms with van der Waals surface area (Å²) in [7, 11) is 2.23. The van der Waals surface area contributed by atoms with Crippen LogP contribution in [0.5, 0.6) is 0 Å². The molecule has 2 heteroatoms. The minimum absolute atomic E-state index is 1.19. The van der Waals surface area contributed by atoms with Crippen molar-refractivity contribution in [2.24, 2.45) is 7.05 Å². The summed E-state index contributed by atoms with van der Waals surface area (Å²) in [6, 6.07) is 11.2. The molecule has 0 N–H and O–H groups in total. The quantitative estimate of drug-likeness (QED) is 0.719.